The highest BCUT2D eigenvalue weighted by molar-refractivity contribution is 9.11. The molecule has 2 N–H and O–H groups in total. The van der Waals surface area contributed by atoms with Crippen LogP contribution < -0.4 is 0 Å². The number of halogens is 4. The minimum absolute atomic E-state index is 0.158. The van der Waals surface area contributed by atoms with E-state index in [-0.39, 0.29) is 133 Å². The van der Waals surface area contributed by atoms with E-state index < -0.39 is 47.8 Å². The van der Waals surface area contributed by atoms with E-state index in [0.29, 0.717) is 62.4 Å². The molecule has 20 nitrogen and oxygen atoms in total. The second-order valence-corrected chi connectivity index (χ2v) is 26.3. The van der Waals surface area contributed by atoms with E-state index in [9.17, 15) is 38.4 Å². The third kappa shape index (κ3) is 11.5. The van der Waals surface area contributed by atoms with Crippen molar-refractivity contribution in [2.24, 2.45) is 0 Å². The van der Waals surface area contributed by atoms with E-state index >= 15 is 0 Å². The fraction of sp³-hybridized carbons (Fsp3) is 0.105. The van der Waals surface area contributed by atoms with Crippen molar-refractivity contribution in [1.82, 2.24) is 19.9 Å². The summed E-state index contributed by atoms with van der Waals surface area (Å²) in [6.45, 7) is 0. The molecule has 0 spiro atoms. The largest absolute Gasteiger partial charge is 0.465 e. The smallest absolute Gasteiger partial charge is 0.338 e. The van der Waals surface area contributed by atoms with E-state index in [2.05, 4.69) is 73.7 Å². The maximum Gasteiger partial charge on any atom is 0.338 e. The van der Waals surface area contributed by atoms with Gasteiger partial charge in [0.1, 0.15) is 0 Å². The number of ether oxygens (including phenoxy) is 8. The van der Waals surface area contributed by atoms with Gasteiger partial charge in [-0.05, 0) is 119 Å². The summed E-state index contributed by atoms with van der Waals surface area (Å²) >= 11 is 14.6. The van der Waals surface area contributed by atoms with Crippen molar-refractivity contribution in [2.75, 3.05) is 56.9 Å². The van der Waals surface area contributed by atoms with Gasteiger partial charge in [0.05, 0.1) is 146 Å². The van der Waals surface area contributed by atoms with Gasteiger partial charge in [-0.3, -0.25) is 0 Å². The molecule has 0 amide bonds. The van der Waals surface area contributed by atoms with Gasteiger partial charge in [0.2, 0.25) is 0 Å². The molecule has 8 aromatic carbocycles. The molecule has 8 bridgehead atoms. The van der Waals surface area contributed by atoms with Crippen molar-refractivity contribution in [1.29, 1.82) is 0 Å². The zero-order chi connectivity index (χ0) is 70.9. The molecule has 0 fully saturated rings. The highest BCUT2D eigenvalue weighted by atomic mass is 79.9. The van der Waals surface area contributed by atoms with E-state index in [0.717, 1.165) is 0 Å². The highest BCUT2D eigenvalue weighted by Crippen LogP contribution is 2.54. The minimum atomic E-state index is -0.911. The molecule has 13 rings (SSSR count). The van der Waals surface area contributed by atoms with Crippen LogP contribution in [-0.2, 0) is 37.9 Å². The Hall–Kier alpha value is -10.9. The van der Waals surface area contributed by atoms with Crippen molar-refractivity contribution in [3.63, 3.8) is 0 Å². The van der Waals surface area contributed by atoms with Crippen LogP contribution in [0.3, 0.4) is 0 Å². The molecule has 0 atom stereocenters. The van der Waals surface area contributed by atoms with Gasteiger partial charge in [-0.25, -0.2) is 48.3 Å². The molecule has 10 aromatic rings. The van der Waals surface area contributed by atoms with Crippen molar-refractivity contribution in [3.05, 3.63) is 208 Å². The maximum absolute atomic E-state index is 14.4. The van der Waals surface area contributed by atoms with E-state index in [1.165, 1.54) is 105 Å². The fourth-order valence-corrected chi connectivity index (χ4v) is 13.9. The molecule has 498 valence electrons. The minimum Gasteiger partial charge on any atom is -0.465 e. The summed E-state index contributed by atoms with van der Waals surface area (Å²) in [5.41, 5.74) is 4.10. The Morgan fingerprint density at radius 1 is 0.260 bits per heavy atom. The predicted molar refractivity (Wildman–Crippen MR) is 388 cm³/mol. The van der Waals surface area contributed by atoms with Gasteiger partial charge in [0.15, 0.2) is 0 Å². The molecular weight excluding hydrogens is 1540 g/mol. The summed E-state index contributed by atoms with van der Waals surface area (Å²) in [6.07, 6.45) is 0. The first-order valence-corrected chi connectivity index (χ1v) is 33.3. The van der Waals surface area contributed by atoms with Crippen molar-refractivity contribution in [2.45, 2.75) is 0 Å². The first-order chi connectivity index (χ1) is 48.2. The second-order valence-electron chi connectivity index (χ2n) is 22.6. The van der Waals surface area contributed by atoms with E-state index in [1.54, 1.807) is 48.5 Å². The van der Waals surface area contributed by atoms with Crippen LogP contribution >= 0.6 is 63.7 Å². The van der Waals surface area contributed by atoms with Gasteiger partial charge in [0.25, 0.3) is 0 Å². The van der Waals surface area contributed by atoms with Crippen LogP contribution in [0.5, 0.6) is 0 Å². The summed E-state index contributed by atoms with van der Waals surface area (Å²) in [5.74, 6) is -7.27. The molecule has 1 aliphatic carbocycles. The number of rotatable bonds is 12. The van der Waals surface area contributed by atoms with Crippen LogP contribution in [0.1, 0.15) is 82.9 Å². The number of hydrogen-bond donors (Lipinski definition) is 2. The number of benzene rings is 8. The van der Waals surface area contributed by atoms with Crippen LogP contribution in [0.25, 0.3) is 133 Å². The quantitative estimate of drug-likeness (QED) is 0.0850. The van der Waals surface area contributed by atoms with Gasteiger partial charge in [-0.15, -0.1) is 0 Å². The Morgan fingerprint density at radius 3 is 0.580 bits per heavy atom. The molecule has 0 unspecified atom stereocenters. The van der Waals surface area contributed by atoms with Crippen LogP contribution in [0.15, 0.2) is 163 Å². The maximum atomic E-state index is 14.4. The molecule has 0 saturated carbocycles. The van der Waals surface area contributed by atoms with E-state index in [4.69, 9.17) is 47.9 Å². The van der Waals surface area contributed by atoms with Gasteiger partial charge in [-0.1, -0.05) is 112 Å². The van der Waals surface area contributed by atoms with Gasteiger partial charge in [-0.2, -0.15) is 0 Å². The fourth-order valence-electron chi connectivity index (χ4n) is 12.8. The zero-order valence-corrected chi connectivity index (χ0v) is 60.1. The Morgan fingerprint density at radius 2 is 0.420 bits per heavy atom. The number of aromatic amines is 2. The molecule has 2 aliphatic heterocycles. The Balaban J connectivity index is 1.48. The number of nitrogens with zero attached hydrogens (tertiary/aromatic N) is 2. The Bertz CT molecular complexity index is 4930. The highest BCUT2D eigenvalue weighted by Gasteiger charge is 2.36. The number of nitrogens with one attached hydrogen (secondary N) is 2. The lowest BCUT2D eigenvalue weighted by Gasteiger charge is -2.13. The first kappa shape index (κ1) is 67.6. The standard InChI is InChI=1S/C76H50Br4N4O16/c1-93-69(85)49-25-41-42(26-50(49)70(86)94-2)62-58(34-11-19-38(78)20-12-34)64-45-29-53(73(89)97-5)54(74(90)98-6)30-46(45)66(83-64)60(36-15-23-40(80)24-16-36)68-48-32-56(76(92)100-8)55(75(91)99-7)31-47(48)67(84-68)59(35-13-21-39(79)22-14-35)65-44-28-52(72(88)96-4)51(71(87)95-3)27-43(44)63(82-65)57(61(41)81-62)33-9-17-37(77)18-10-33/h9-32,81,84H,1-8H3. The summed E-state index contributed by atoms with van der Waals surface area (Å²) in [7, 11) is 9.38. The lowest BCUT2D eigenvalue weighted by molar-refractivity contribution is 0.0555. The van der Waals surface area contributed by atoms with Crippen molar-refractivity contribution < 1.29 is 76.3 Å². The number of H-pyrrole nitrogens is 2. The molecule has 100 heavy (non-hydrogen) atoms. The first-order valence-electron chi connectivity index (χ1n) is 30.1. The number of esters is 8. The van der Waals surface area contributed by atoms with Crippen LogP contribution in [0.2, 0.25) is 0 Å². The topological polar surface area (TPSA) is 268 Å². The number of carbonyl (C=O) groups excluding carboxylic acids is 8. The zero-order valence-electron chi connectivity index (χ0n) is 53.8. The molecule has 3 aliphatic rings. The lowest BCUT2D eigenvalue weighted by atomic mass is 9.90. The van der Waals surface area contributed by atoms with Gasteiger partial charge >= 0.3 is 47.8 Å². The normalized spacial score (nSPS) is 11.3. The van der Waals surface area contributed by atoms with Crippen molar-refractivity contribution in [3.8, 4) is 89.5 Å². The molecule has 2 aromatic heterocycles. The number of methoxy groups -OCH3 is 8. The van der Waals surface area contributed by atoms with Crippen LogP contribution in [0.4, 0.5) is 0 Å². The monoisotopic (exact) mass is 1590 g/mol. The summed E-state index contributed by atoms with van der Waals surface area (Å²) in [5, 5.41) is 1.14. The summed E-state index contributed by atoms with van der Waals surface area (Å²) < 4.78 is 46.0. The Kier molecular flexibility index (Phi) is 18.3. The van der Waals surface area contributed by atoms with Gasteiger partial charge in [0, 0.05) is 83.9 Å². The third-order valence-corrected chi connectivity index (χ3v) is 19.5. The summed E-state index contributed by atoms with van der Waals surface area (Å²) in [4.78, 5) is 134. The molecule has 0 saturated heterocycles. The average Bonchev–Trinajstić information content (AvgIpc) is 1.55. The number of carbonyl (C=O) groups is 8. The average molecular weight is 1590 g/mol. The third-order valence-electron chi connectivity index (χ3n) is 17.4. The van der Waals surface area contributed by atoms with Crippen molar-refractivity contribution >= 4 is 155 Å². The Labute approximate surface area is 601 Å². The van der Waals surface area contributed by atoms with E-state index in [1.807, 2.05) is 48.5 Å². The summed E-state index contributed by atoms with van der Waals surface area (Å²) in [6, 6.07) is 41.0. The molecule has 4 heterocycles. The molecule has 0 radical (unpaired) electrons. The number of aromatic nitrogens is 4. The second kappa shape index (κ2) is 27.1. The SMILES string of the molecule is COC(=O)c1cc2c(cc1C(=O)OC)-c1nc-2c(-c2ccc(Br)cc2)c2[nH]c(c(-c3ccc(Br)cc3)c3nc(c(-c4ccc(Br)cc4)c4[nH]c(c1-c1ccc(Br)cc1)c1cc(C(=O)OC)c(C(=O)OC)cc41)-c1cc(C(=O)OC)c(C(=O)OC)cc1-3)c1cc(C(=O)OC)c(C(=O)OC)cc21. The predicted octanol–water partition coefficient (Wildman–Crippen LogP) is 17.3. The molecule has 24 heteroatoms. The van der Waals surface area contributed by atoms with Gasteiger partial charge < -0.3 is 47.9 Å². The lowest BCUT2D eigenvalue weighted by Crippen LogP contribution is -2.12. The number of hydrogen-bond acceptors (Lipinski definition) is 18. The van der Waals surface area contributed by atoms with Crippen LogP contribution in [-0.4, -0.2) is 125 Å². The molecular formula is C76H50Br4N4O16. The van der Waals surface area contributed by atoms with Crippen LogP contribution in [0, 0.1) is 0 Å².